The maximum Gasteiger partial charge on any atom is 0.411 e. The van der Waals surface area contributed by atoms with Crippen molar-refractivity contribution in [2.24, 2.45) is 0 Å². The Bertz CT molecular complexity index is 1780. The zero-order valence-corrected chi connectivity index (χ0v) is 29.4. The van der Waals surface area contributed by atoms with Gasteiger partial charge in [0.25, 0.3) is 0 Å². The number of aromatic amines is 2. The lowest BCUT2D eigenvalue weighted by atomic mass is 9.97. The highest BCUT2D eigenvalue weighted by atomic mass is 32.2. The fraction of sp³-hybridized carbons (Fsp3) is 0.486. The molecule has 0 spiro atoms. The van der Waals surface area contributed by atoms with Crippen LogP contribution in [0.2, 0.25) is 0 Å². The number of likely N-dealkylation sites (tertiary alicyclic amines) is 2. The quantitative estimate of drug-likeness (QED) is 0.204. The van der Waals surface area contributed by atoms with Crippen molar-refractivity contribution in [3.8, 4) is 32.3 Å². The van der Waals surface area contributed by atoms with Crippen molar-refractivity contribution < 1.29 is 19.1 Å². The molecule has 2 amide bonds. The van der Waals surface area contributed by atoms with Crippen molar-refractivity contribution in [2.75, 3.05) is 13.1 Å². The predicted octanol–water partition coefficient (Wildman–Crippen LogP) is 8.57. The normalized spacial score (nSPS) is 22.7. The van der Waals surface area contributed by atoms with Gasteiger partial charge in [-0.3, -0.25) is 9.80 Å². The molecule has 10 nitrogen and oxygen atoms in total. The van der Waals surface area contributed by atoms with E-state index in [1.807, 2.05) is 58.8 Å². The van der Waals surface area contributed by atoms with Crippen molar-refractivity contribution >= 4 is 35.3 Å². The van der Waals surface area contributed by atoms with Crippen molar-refractivity contribution in [3.63, 3.8) is 0 Å². The van der Waals surface area contributed by atoms with Crippen LogP contribution in [0.1, 0.15) is 84.9 Å². The van der Waals surface area contributed by atoms with E-state index in [-0.39, 0.29) is 28.3 Å². The Labute approximate surface area is 283 Å². The Morgan fingerprint density at radius 1 is 0.809 bits per heavy atom. The maximum absolute atomic E-state index is 12.8. The molecule has 0 aliphatic carbocycles. The highest BCUT2D eigenvalue weighted by molar-refractivity contribution is 8.08. The van der Waals surface area contributed by atoms with Gasteiger partial charge in [0, 0.05) is 18.0 Å². The number of fused-ring (bicyclic) bond motifs is 1. The second-order valence-electron chi connectivity index (χ2n) is 14.5. The summed E-state index contributed by atoms with van der Waals surface area (Å²) >= 11 is 3.49. The molecule has 0 saturated carbocycles. The Balaban J connectivity index is 1.02. The van der Waals surface area contributed by atoms with Crippen LogP contribution in [0, 0.1) is 0 Å². The summed E-state index contributed by atoms with van der Waals surface area (Å²) < 4.78 is 11.1. The van der Waals surface area contributed by atoms with Crippen molar-refractivity contribution in [1.82, 2.24) is 29.7 Å². The first-order chi connectivity index (χ1) is 22.3. The predicted molar refractivity (Wildman–Crippen MR) is 185 cm³/mol. The summed E-state index contributed by atoms with van der Waals surface area (Å²) in [4.78, 5) is 48.0. The topological polar surface area (TPSA) is 116 Å². The summed E-state index contributed by atoms with van der Waals surface area (Å²) in [6.45, 7) is 12.7. The minimum absolute atomic E-state index is 0.0496. The second-order valence-corrected chi connectivity index (χ2v) is 17.0. The number of thiophene rings is 1. The van der Waals surface area contributed by atoms with Crippen LogP contribution >= 0.6 is 23.1 Å². The number of aromatic nitrogens is 4. The Kier molecular flexibility index (Phi) is 7.94. The number of H-pyrrole nitrogens is 2. The molecule has 1 unspecified atom stereocenters. The van der Waals surface area contributed by atoms with Crippen LogP contribution in [0.25, 0.3) is 32.3 Å². The number of imidazole rings is 2. The molecule has 1 aromatic carbocycles. The zero-order valence-electron chi connectivity index (χ0n) is 27.8. The fourth-order valence-corrected chi connectivity index (χ4v) is 8.91. The molecule has 12 heteroatoms. The van der Waals surface area contributed by atoms with Crippen LogP contribution in [0.3, 0.4) is 0 Å². The number of carbonyl (C=O) groups excluding carboxylic acids is 2. The largest absolute Gasteiger partial charge is 0.444 e. The molecule has 3 aliphatic heterocycles. The number of nitrogens with zero attached hydrogens (tertiary/aromatic N) is 4. The van der Waals surface area contributed by atoms with E-state index in [0.29, 0.717) is 13.1 Å². The molecule has 3 aliphatic rings. The Hall–Kier alpha value is -3.77. The Morgan fingerprint density at radius 2 is 1.45 bits per heavy atom. The summed E-state index contributed by atoms with van der Waals surface area (Å²) in [5, 5.41) is 0.0496. The van der Waals surface area contributed by atoms with Crippen LogP contribution in [-0.2, 0) is 14.2 Å². The number of amides is 2. The summed E-state index contributed by atoms with van der Waals surface area (Å²) in [5.41, 5.74) is 3.05. The van der Waals surface area contributed by atoms with Gasteiger partial charge >= 0.3 is 12.2 Å². The molecule has 0 radical (unpaired) electrons. The molecule has 248 valence electrons. The van der Waals surface area contributed by atoms with Gasteiger partial charge in [-0.1, -0.05) is 24.3 Å². The van der Waals surface area contributed by atoms with Crippen LogP contribution < -0.4 is 0 Å². The van der Waals surface area contributed by atoms with E-state index in [9.17, 15) is 9.59 Å². The van der Waals surface area contributed by atoms with Crippen LogP contribution in [0.15, 0.2) is 48.8 Å². The SMILES string of the molecule is CC(C)(C)OC(=O)N1CCC[C@@]2(c3ncc(-c4ccc(-c5ccc(-c6cnc([C@@H]7CCCN7C(=O)OC(C)(C)C)[nH]6)s5)cc4)[nH]3)SC12. The lowest BCUT2D eigenvalue weighted by molar-refractivity contribution is 0.0185. The third-order valence-corrected chi connectivity index (χ3v) is 11.5. The maximum atomic E-state index is 12.8. The monoisotopic (exact) mass is 674 g/mol. The molecular weight excluding hydrogens is 633 g/mol. The molecule has 3 saturated heterocycles. The highest BCUT2D eigenvalue weighted by Crippen LogP contribution is 2.66. The van der Waals surface area contributed by atoms with E-state index in [1.165, 1.54) is 0 Å². The van der Waals surface area contributed by atoms with Crippen LogP contribution in [0.4, 0.5) is 9.59 Å². The number of thioether (sulfide) groups is 1. The van der Waals surface area contributed by atoms with Crippen molar-refractivity contribution in [3.05, 3.63) is 60.4 Å². The van der Waals surface area contributed by atoms with Gasteiger partial charge < -0.3 is 19.4 Å². The van der Waals surface area contributed by atoms with Gasteiger partial charge in [0.2, 0.25) is 0 Å². The number of hydrogen-bond donors (Lipinski definition) is 2. The summed E-state index contributed by atoms with van der Waals surface area (Å²) in [6, 6.07) is 12.6. The first-order valence-electron chi connectivity index (χ1n) is 16.3. The number of benzene rings is 1. The molecule has 2 N–H and O–H groups in total. The number of rotatable bonds is 5. The minimum Gasteiger partial charge on any atom is -0.444 e. The number of nitrogens with one attached hydrogen (secondary N) is 2. The third-order valence-electron chi connectivity index (χ3n) is 8.64. The average Bonchev–Trinajstić information content (AvgIpc) is 3.61. The first-order valence-corrected chi connectivity index (χ1v) is 18.0. The number of carbonyl (C=O) groups is 2. The van der Waals surface area contributed by atoms with E-state index < -0.39 is 11.2 Å². The van der Waals surface area contributed by atoms with Crippen molar-refractivity contribution in [1.29, 1.82) is 0 Å². The smallest absolute Gasteiger partial charge is 0.411 e. The summed E-state index contributed by atoms with van der Waals surface area (Å²) in [7, 11) is 0. The highest BCUT2D eigenvalue weighted by Gasteiger charge is 2.64. The minimum atomic E-state index is -0.535. The standard InChI is InChI=1S/C35H42N6O4S2/c1-33(2,3)44-31(42)40-17-7-9-25(40)28-36-20-24(38-28)27-15-14-26(46-27)22-12-10-21(11-13-22)23-19-37-29(39-23)35-16-8-18-41(30(35)47-35)32(43)45-34(4,5)6/h10-15,19-20,25,30H,7-9,16-18H2,1-6H3,(H,36,38)(H,37,39)/t25-,30?,35-/m0/s1. The van der Waals surface area contributed by atoms with E-state index in [4.69, 9.17) is 14.5 Å². The zero-order chi connectivity index (χ0) is 33.1. The molecule has 4 aromatic rings. The fourth-order valence-electron chi connectivity index (χ4n) is 6.45. The van der Waals surface area contributed by atoms with Gasteiger partial charge in [0.1, 0.15) is 33.0 Å². The van der Waals surface area contributed by atoms with Gasteiger partial charge in [-0.2, -0.15) is 0 Å². The number of hydrogen-bond acceptors (Lipinski definition) is 8. The summed E-state index contributed by atoms with van der Waals surface area (Å²) in [5.74, 6) is 1.72. The van der Waals surface area contributed by atoms with Crippen molar-refractivity contribution in [2.45, 2.75) is 94.6 Å². The van der Waals surface area contributed by atoms with Gasteiger partial charge in [-0.15, -0.1) is 23.1 Å². The van der Waals surface area contributed by atoms with Gasteiger partial charge in [0.15, 0.2) is 0 Å². The van der Waals surface area contributed by atoms with E-state index >= 15 is 0 Å². The van der Waals surface area contributed by atoms with Gasteiger partial charge in [0.05, 0.1) is 34.7 Å². The Morgan fingerprint density at radius 3 is 2.17 bits per heavy atom. The number of piperidine rings is 1. The third kappa shape index (κ3) is 6.41. The first kappa shape index (κ1) is 31.8. The molecule has 6 heterocycles. The van der Waals surface area contributed by atoms with Gasteiger partial charge in [-0.05, 0) is 90.5 Å². The second kappa shape index (κ2) is 11.7. The van der Waals surface area contributed by atoms with E-state index in [0.717, 1.165) is 69.6 Å². The average molecular weight is 675 g/mol. The molecule has 3 atom stereocenters. The molecule has 7 rings (SSSR count). The van der Waals surface area contributed by atoms with E-state index in [1.54, 1.807) is 28.0 Å². The summed E-state index contributed by atoms with van der Waals surface area (Å²) in [6.07, 6.45) is 6.90. The van der Waals surface area contributed by atoms with Crippen LogP contribution in [0.5, 0.6) is 0 Å². The van der Waals surface area contributed by atoms with E-state index in [2.05, 4.69) is 51.4 Å². The molecule has 3 aromatic heterocycles. The molecular formula is C35H42N6O4S2. The molecule has 47 heavy (non-hydrogen) atoms. The lowest BCUT2D eigenvalue weighted by Gasteiger charge is -2.31. The number of ether oxygens (including phenoxy) is 2. The molecule has 3 fully saturated rings. The van der Waals surface area contributed by atoms with Crippen LogP contribution in [-0.4, -0.2) is 71.6 Å². The van der Waals surface area contributed by atoms with Gasteiger partial charge in [-0.25, -0.2) is 19.6 Å². The lowest BCUT2D eigenvalue weighted by Crippen LogP contribution is -2.44. The molecule has 0 bridgehead atoms.